The fourth-order valence-corrected chi connectivity index (χ4v) is 3.03. The minimum atomic E-state index is -0.550. The highest BCUT2D eigenvalue weighted by atomic mass is 35.5. The van der Waals surface area contributed by atoms with Gasteiger partial charge in [-0.3, -0.25) is 14.4 Å². The van der Waals surface area contributed by atoms with Gasteiger partial charge < -0.3 is 15.0 Å². The lowest BCUT2D eigenvalue weighted by molar-refractivity contribution is -0.148. The number of hydrogen-bond acceptors (Lipinski definition) is 5. The number of esters is 1. The zero-order valence-electron chi connectivity index (χ0n) is 15.8. The summed E-state index contributed by atoms with van der Waals surface area (Å²) in [5.74, 6) is -0.570. The summed E-state index contributed by atoms with van der Waals surface area (Å²) in [6, 6.07) is 13.8. The lowest BCUT2D eigenvalue weighted by Gasteiger charge is -2.14. The summed E-state index contributed by atoms with van der Waals surface area (Å²) in [5.41, 5.74) is 1.16. The Bertz CT molecular complexity index is 1100. The number of rotatable bonds is 7. The van der Waals surface area contributed by atoms with Crippen molar-refractivity contribution in [3.05, 3.63) is 75.3 Å². The van der Waals surface area contributed by atoms with Crippen molar-refractivity contribution in [1.29, 1.82) is 0 Å². The van der Waals surface area contributed by atoms with Crippen LogP contribution in [0.3, 0.4) is 0 Å². The third kappa shape index (κ3) is 5.65. The van der Waals surface area contributed by atoms with E-state index in [-0.39, 0.29) is 31.0 Å². The largest absolute Gasteiger partial charge is 0.456 e. The normalized spacial score (nSPS) is 11.8. The smallest absolute Gasteiger partial charge is 0.306 e. The number of hydrogen-bond donors (Lipinski definition) is 2. The van der Waals surface area contributed by atoms with Crippen molar-refractivity contribution < 1.29 is 14.3 Å². The summed E-state index contributed by atoms with van der Waals surface area (Å²) in [4.78, 5) is 42.9. The Balaban J connectivity index is 1.47. The molecule has 1 atom stereocenters. The van der Waals surface area contributed by atoms with E-state index in [9.17, 15) is 14.4 Å². The van der Waals surface area contributed by atoms with Gasteiger partial charge in [-0.1, -0.05) is 35.9 Å². The monoisotopic (exact) mass is 413 g/mol. The molecule has 0 fully saturated rings. The van der Waals surface area contributed by atoms with E-state index < -0.39 is 11.9 Å². The Morgan fingerprint density at radius 2 is 2.00 bits per heavy atom. The SMILES string of the molecule is CC(NC(=O)COC(=O)CCc1nc2ccccc2c(=O)[nH]1)c1cccc(Cl)c1. The number of nitrogens with one attached hydrogen (secondary N) is 2. The van der Waals surface area contributed by atoms with Gasteiger partial charge in [0.1, 0.15) is 5.82 Å². The van der Waals surface area contributed by atoms with Crippen LogP contribution >= 0.6 is 11.6 Å². The highest BCUT2D eigenvalue weighted by Gasteiger charge is 2.13. The van der Waals surface area contributed by atoms with Gasteiger partial charge in [-0.25, -0.2) is 4.98 Å². The van der Waals surface area contributed by atoms with Gasteiger partial charge in [0.2, 0.25) is 0 Å². The summed E-state index contributed by atoms with van der Waals surface area (Å²) in [7, 11) is 0. The van der Waals surface area contributed by atoms with Crippen LogP contribution in [0.5, 0.6) is 0 Å². The van der Waals surface area contributed by atoms with E-state index in [2.05, 4.69) is 15.3 Å². The Kier molecular flexibility index (Phi) is 6.61. The highest BCUT2D eigenvalue weighted by molar-refractivity contribution is 6.30. The fourth-order valence-electron chi connectivity index (χ4n) is 2.83. The third-order valence-electron chi connectivity index (χ3n) is 4.32. The second-order valence-corrected chi connectivity index (χ2v) is 6.97. The summed E-state index contributed by atoms with van der Waals surface area (Å²) >= 11 is 5.95. The number of amides is 1. The average molecular weight is 414 g/mol. The number of aromatic amines is 1. The van der Waals surface area contributed by atoms with Crippen molar-refractivity contribution in [2.24, 2.45) is 0 Å². The van der Waals surface area contributed by atoms with Crippen molar-refractivity contribution >= 4 is 34.4 Å². The Morgan fingerprint density at radius 3 is 2.79 bits per heavy atom. The first-order valence-electron chi connectivity index (χ1n) is 9.11. The molecule has 0 aliphatic rings. The number of halogens is 1. The van der Waals surface area contributed by atoms with Crippen LogP contribution in [0.1, 0.15) is 30.8 Å². The van der Waals surface area contributed by atoms with Gasteiger partial charge in [0.25, 0.3) is 11.5 Å². The van der Waals surface area contributed by atoms with Crippen LogP contribution in [0.4, 0.5) is 0 Å². The molecule has 3 rings (SSSR count). The zero-order valence-corrected chi connectivity index (χ0v) is 16.5. The molecule has 2 aromatic carbocycles. The summed E-state index contributed by atoms with van der Waals surface area (Å²) < 4.78 is 5.01. The van der Waals surface area contributed by atoms with Crippen LogP contribution in [0.2, 0.25) is 5.02 Å². The molecular formula is C21H20ClN3O4. The first kappa shape index (κ1) is 20.5. The van der Waals surface area contributed by atoms with Gasteiger partial charge in [0.15, 0.2) is 6.61 Å². The van der Waals surface area contributed by atoms with Gasteiger partial charge in [0, 0.05) is 11.4 Å². The molecule has 1 unspecified atom stereocenters. The summed E-state index contributed by atoms with van der Waals surface area (Å²) in [5, 5.41) is 3.81. The van der Waals surface area contributed by atoms with Gasteiger partial charge in [-0.2, -0.15) is 0 Å². The number of aryl methyl sites for hydroxylation is 1. The minimum Gasteiger partial charge on any atom is -0.456 e. The molecular weight excluding hydrogens is 394 g/mol. The summed E-state index contributed by atoms with van der Waals surface area (Å²) in [6.07, 6.45) is 0.206. The van der Waals surface area contributed by atoms with Crippen LogP contribution < -0.4 is 10.9 Å². The van der Waals surface area contributed by atoms with Crippen molar-refractivity contribution in [1.82, 2.24) is 15.3 Å². The van der Waals surface area contributed by atoms with E-state index >= 15 is 0 Å². The second kappa shape index (κ2) is 9.34. The quantitative estimate of drug-likeness (QED) is 0.580. The predicted octanol–water partition coefficient (Wildman–Crippen LogP) is 2.93. The molecule has 3 aromatic rings. The number of H-pyrrole nitrogens is 1. The van der Waals surface area contributed by atoms with Crippen LogP contribution in [-0.2, 0) is 20.7 Å². The first-order valence-corrected chi connectivity index (χ1v) is 9.48. The molecule has 8 heteroatoms. The molecule has 0 aliphatic heterocycles. The van der Waals surface area contributed by atoms with E-state index in [0.717, 1.165) is 5.56 Å². The molecule has 7 nitrogen and oxygen atoms in total. The maximum atomic E-state index is 12.0. The van der Waals surface area contributed by atoms with E-state index in [1.54, 1.807) is 42.5 Å². The van der Waals surface area contributed by atoms with E-state index in [1.165, 1.54) is 0 Å². The number of fused-ring (bicyclic) bond motifs is 1. The van der Waals surface area contributed by atoms with Crippen molar-refractivity contribution in [2.75, 3.05) is 6.61 Å². The molecule has 0 bridgehead atoms. The molecule has 0 radical (unpaired) electrons. The number of ether oxygens (including phenoxy) is 1. The number of carbonyl (C=O) groups excluding carboxylic acids is 2. The van der Waals surface area contributed by atoms with Gasteiger partial charge in [0.05, 0.1) is 23.4 Å². The van der Waals surface area contributed by atoms with Gasteiger partial charge in [-0.15, -0.1) is 0 Å². The second-order valence-electron chi connectivity index (χ2n) is 6.53. The maximum Gasteiger partial charge on any atom is 0.306 e. The van der Waals surface area contributed by atoms with Gasteiger partial charge >= 0.3 is 5.97 Å². The molecule has 0 saturated heterocycles. The average Bonchev–Trinajstić information content (AvgIpc) is 2.71. The molecule has 150 valence electrons. The van der Waals surface area contributed by atoms with Crippen LogP contribution in [0, 0.1) is 0 Å². The fraction of sp³-hybridized carbons (Fsp3) is 0.238. The first-order chi connectivity index (χ1) is 13.9. The topological polar surface area (TPSA) is 101 Å². The summed E-state index contributed by atoms with van der Waals surface area (Å²) in [6.45, 7) is 1.43. The van der Waals surface area contributed by atoms with Crippen LogP contribution in [0.25, 0.3) is 10.9 Å². The Labute approximate surface area is 172 Å². The number of nitrogens with zero attached hydrogens (tertiary/aromatic N) is 1. The third-order valence-corrected chi connectivity index (χ3v) is 4.55. The van der Waals surface area contributed by atoms with E-state index in [1.807, 2.05) is 13.0 Å². The molecule has 0 aliphatic carbocycles. The molecule has 1 amide bonds. The van der Waals surface area contributed by atoms with Gasteiger partial charge in [-0.05, 0) is 36.8 Å². The minimum absolute atomic E-state index is 0.00158. The number of benzene rings is 2. The number of para-hydroxylation sites is 1. The molecule has 2 N–H and O–H groups in total. The zero-order chi connectivity index (χ0) is 20.8. The van der Waals surface area contributed by atoms with E-state index in [0.29, 0.717) is 21.7 Å². The van der Waals surface area contributed by atoms with Crippen LogP contribution in [-0.4, -0.2) is 28.5 Å². The standard InChI is InChI=1S/C21H20ClN3O4/c1-13(14-5-4-6-15(22)11-14)23-19(26)12-29-20(27)10-9-18-24-17-8-3-2-7-16(17)21(28)25-18/h2-8,11,13H,9-10,12H2,1H3,(H,23,26)(H,24,25,28). The molecule has 1 aromatic heterocycles. The van der Waals surface area contributed by atoms with Crippen molar-refractivity contribution in [3.63, 3.8) is 0 Å². The molecule has 29 heavy (non-hydrogen) atoms. The Hall–Kier alpha value is -3.19. The van der Waals surface area contributed by atoms with E-state index in [4.69, 9.17) is 16.3 Å². The molecule has 0 spiro atoms. The number of carbonyl (C=O) groups is 2. The molecule has 1 heterocycles. The van der Waals surface area contributed by atoms with Crippen molar-refractivity contribution in [3.8, 4) is 0 Å². The lowest BCUT2D eigenvalue weighted by Crippen LogP contribution is -2.31. The van der Waals surface area contributed by atoms with Crippen LogP contribution in [0.15, 0.2) is 53.3 Å². The predicted molar refractivity (Wildman–Crippen MR) is 110 cm³/mol. The lowest BCUT2D eigenvalue weighted by atomic mass is 10.1. The molecule has 0 saturated carbocycles. The number of aromatic nitrogens is 2. The van der Waals surface area contributed by atoms with Crippen molar-refractivity contribution in [2.45, 2.75) is 25.8 Å². The Morgan fingerprint density at radius 1 is 1.21 bits per heavy atom. The highest BCUT2D eigenvalue weighted by Crippen LogP contribution is 2.17. The maximum absolute atomic E-state index is 12.0.